The van der Waals surface area contributed by atoms with E-state index in [2.05, 4.69) is 0 Å². The third kappa shape index (κ3) is 8.66. The zero-order chi connectivity index (χ0) is 17.2. The maximum atomic E-state index is 11.6. The molecule has 0 saturated heterocycles. The number of halogens is 4. The van der Waals surface area contributed by atoms with Crippen LogP contribution < -0.4 is 0 Å². The lowest BCUT2D eigenvalue weighted by molar-refractivity contribution is -0.163. The molecule has 0 aromatic carbocycles. The molecule has 130 valence electrons. The van der Waals surface area contributed by atoms with Crippen molar-refractivity contribution in [3.8, 4) is 0 Å². The molecule has 0 heterocycles. The van der Waals surface area contributed by atoms with Crippen LogP contribution in [0.4, 0.5) is 0 Å². The molecule has 0 aliphatic rings. The number of carbonyl (C=O) groups excluding carboxylic acids is 2. The number of hydrogen-bond donors (Lipinski definition) is 0. The molecule has 0 rings (SSSR count). The summed E-state index contributed by atoms with van der Waals surface area (Å²) in [6.45, 7) is 4.00. The molecule has 4 nitrogen and oxygen atoms in total. The molecule has 0 N–H and O–H groups in total. The molecule has 22 heavy (non-hydrogen) atoms. The molecule has 0 atom stereocenters. The van der Waals surface area contributed by atoms with Crippen LogP contribution in [0.2, 0.25) is 0 Å². The first kappa shape index (κ1) is 22.1. The molecule has 0 amide bonds. The van der Waals surface area contributed by atoms with E-state index < -0.39 is 21.0 Å². The summed E-state index contributed by atoms with van der Waals surface area (Å²) in [4.78, 5) is 23.3. The van der Waals surface area contributed by atoms with Crippen molar-refractivity contribution in [1.29, 1.82) is 0 Å². The number of rotatable bonds is 11. The molecular formula is C14H22Cl4O4. The minimum atomic E-state index is -2.38. The van der Waals surface area contributed by atoms with Gasteiger partial charge in [0, 0.05) is 12.8 Å². The van der Waals surface area contributed by atoms with Gasteiger partial charge in [0.25, 0.3) is 0 Å². The largest absolute Gasteiger partial charge is 0.421 e. The van der Waals surface area contributed by atoms with E-state index in [1.54, 1.807) is 0 Å². The van der Waals surface area contributed by atoms with Gasteiger partial charge in [-0.2, -0.15) is 0 Å². The maximum absolute atomic E-state index is 11.6. The molecule has 0 radical (unpaired) electrons. The fourth-order valence-electron chi connectivity index (χ4n) is 1.55. The average molecular weight is 396 g/mol. The van der Waals surface area contributed by atoms with E-state index in [0.29, 0.717) is 12.8 Å². The van der Waals surface area contributed by atoms with Crippen molar-refractivity contribution in [3.05, 3.63) is 0 Å². The maximum Gasteiger partial charge on any atom is 0.331 e. The lowest BCUT2D eigenvalue weighted by Crippen LogP contribution is -2.44. The zero-order valence-corrected chi connectivity index (χ0v) is 15.8. The van der Waals surface area contributed by atoms with Gasteiger partial charge in [0.05, 0.1) is 0 Å². The molecule has 0 fully saturated rings. The first-order valence-corrected chi connectivity index (χ1v) is 8.86. The lowest BCUT2D eigenvalue weighted by Gasteiger charge is -2.31. The molecule has 0 aliphatic carbocycles. The summed E-state index contributed by atoms with van der Waals surface area (Å²) >= 11 is 23.3. The summed E-state index contributed by atoms with van der Waals surface area (Å²) < 4.78 is 4.90. The van der Waals surface area contributed by atoms with E-state index in [4.69, 9.17) is 55.9 Å². The van der Waals surface area contributed by atoms with Crippen molar-refractivity contribution in [2.45, 2.75) is 74.3 Å². The number of ether oxygens (including phenoxy) is 2. The Labute approximate surface area is 151 Å². The second kappa shape index (κ2) is 10.8. The highest BCUT2D eigenvalue weighted by atomic mass is 35.5. The van der Waals surface area contributed by atoms with Crippen LogP contribution in [0.1, 0.15) is 65.2 Å². The number of hydrogen-bond acceptors (Lipinski definition) is 4. The molecule has 0 aliphatic heterocycles. The molecule has 0 unspecified atom stereocenters. The number of alkyl halides is 4. The van der Waals surface area contributed by atoms with E-state index in [0.717, 1.165) is 25.7 Å². The van der Waals surface area contributed by atoms with Gasteiger partial charge < -0.3 is 9.47 Å². The van der Waals surface area contributed by atoms with Gasteiger partial charge in [0.15, 0.2) is 0 Å². The van der Waals surface area contributed by atoms with Gasteiger partial charge in [0.1, 0.15) is 0 Å². The second-order valence-corrected chi connectivity index (χ2v) is 7.41. The van der Waals surface area contributed by atoms with Gasteiger partial charge in [-0.25, -0.2) is 0 Å². The Morgan fingerprint density at radius 2 is 1.05 bits per heavy atom. The fourth-order valence-corrected chi connectivity index (χ4v) is 2.04. The molecule has 0 aromatic heterocycles. The van der Waals surface area contributed by atoms with Gasteiger partial charge >= 0.3 is 21.0 Å². The molecule has 0 saturated carbocycles. The summed E-state index contributed by atoms with van der Waals surface area (Å²) in [7, 11) is 0. The van der Waals surface area contributed by atoms with Crippen LogP contribution in [0.15, 0.2) is 0 Å². The quantitative estimate of drug-likeness (QED) is 0.263. The first-order chi connectivity index (χ1) is 10.2. The highest BCUT2D eigenvalue weighted by molar-refractivity contribution is 6.61. The van der Waals surface area contributed by atoms with Crippen molar-refractivity contribution in [2.24, 2.45) is 0 Å². The number of carbonyl (C=O) groups is 2. The van der Waals surface area contributed by atoms with Crippen LogP contribution in [-0.4, -0.2) is 21.0 Å². The second-order valence-electron chi connectivity index (χ2n) is 4.90. The van der Waals surface area contributed by atoms with Crippen LogP contribution in [0.25, 0.3) is 0 Å². The standard InChI is InChI=1S/C14H22Cl4O4/c1-3-5-7-9-11(19)21-13(15,16)14(17,18)22-12(20)10-8-6-4-2/h3-10H2,1-2H3. The number of unbranched alkanes of at least 4 members (excludes halogenated alkanes) is 4. The Morgan fingerprint density at radius 1 is 0.727 bits per heavy atom. The minimum Gasteiger partial charge on any atom is -0.421 e. The highest BCUT2D eigenvalue weighted by Crippen LogP contribution is 2.45. The van der Waals surface area contributed by atoms with Crippen molar-refractivity contribution < 1.29 is 19.1 Å². The van der Waals surface area contributed by atoms with Gasteiger partial charge in [-0.05, 0) is 59.2 Å². The normalized spacial score (nSPS) is 12.1. The van der Waals surface area contributed by atoms with Gasteiger partial charge in [-0.15, -0.1) is 0 Å². The van der Waals surface area contributed by atoms with Crippen LogP contribution in [-0.2, 0) is 19.1 Å². The first-order valence-electron chi connectivity index (χ1n) is 7.35. The average Bonchev–Trinajstić information content (AvgIpc) is 2.37. The van der Waals surface area contributed by atoms with Gasteiger partial charge in [-0.3, -0.25) is 9.59 Å². The number of esters is 2. The van der Waals surface area contributed by atoms with Gasteiger partial charge in [-0.1, -0.05) is 39.5 Å². The smallest absolute Gasteiger partial charge is 0.331 e. The van der Waals surface area contributed by atoms with Crippen molar-refractivity contribution >= 4 is 58.3 Å². The van der Waals surface area contributed by atoms with Crippen molar-refractivity contribution in [1.82, 2.24) is 0 Å². The Balaban J connectivity index is 4.45. The topological polar surface area (TPSA) is 52.6 Å². The van der Waals surface area contributed by atoms with E-state index in [-0.39, 0.29) is 12.8 Å². The zero-order valence-electron chi connectivity index (χ0n) is 12.8. The predicted octanol–water partition coefficient (Wildman–Crippen LogP) is 5.50. The summed E-state index contributed by atoms with van der Waals surface area (Å²) in [5.41, 5.74) is 0. The third-order valence-corrected chi connectivity index (χ3v) is 4.55. The van der Waals surface area contributed by atoms with E-state index in [9.17, 15) is 9.59 Å². The molecule has 8 heteroatoms. The summed E-state index contributed by atoms with van der Waals surface area (Å²) in [5.74, 6) is -1.32. The Morgan fingerprint density at radius 3 is 1.32 bits per heavy atom. The highest BCUT2D eigenvalue weighted by Gasteiger charge is 2.54. The monoisotopic (exact) mass is 394 g/mol. The molecule has 0 bridgehead atoms. The minimum absolute atomic E-state index is 0.128. The fraction of sp³-hybridized carbons (Fsp3) is 0.857. The van der Waals surface area contributed by atoms with E-state index in [1.807, 2.05) is 13.8 Å². The van der Waals surface area contributed by atoms with Gasteiger partial charge in [0.2, 0.25) is 0 Å². The lowest BCUT2D eigenvalue weighted by atomic mass is 10.2. The summed E-state index contributed by atoms with van der Waals surface area (Å²) in [6, 6.07) is 0. The Hall–Kier alpha value is 0.1000. The third-order valence-electron chi connectivity index (χ3n) is 2.79. The van der Waals surface area contributed by atoms with Crippen LogP contribution in [0, 0.1) is 0 Å². The van der Waals surface area contributed by atoms with Crippen molar-refractivity contribution in [2.75, 3.05) is 0 Å². The van der Waals surface area contributed by atoms with E-state index >= 15 is 0 Å². The predicted molar refractivity (Wildman–Crippen MR) is 89.3 cm³/mol. The Bertz CT molecular complexity index is 325. The molecular weight excluding hydrogens is 374 g/mol. The van der Waals surface area contributed by atoms with Crippen LogP contribution >= 0.6 is 46.4 Å². The Kier molecular flexibility index (Phi) is 10.8. The van der Waals surface area contributed by atoms with E-state index in [1.165, 1.54) is 0 Å². The summed E-state index contributed by atoms with van der Waals surface area (Å²) in [6.07, 6.45) is 5.15. The SMILES string of the molecule is CCCCCC(=O)OC(Cl)(Cl)C(Cl)(Cl)OC(=O)CCCCC. The van der Waals surface area contributed by atoms with Crippen LogP contribution in [0.3, 0.4) is 0 Å². The molecule has 0 aromatic rings. The summed E-state index contributed by atoms with van der Waals surface area (Å²) in [5, 5.41) is 0. The van der Waals surface area contributed by atoms with Crippen LogP contribution in [0.5, 0.6) is 0 Å². The molecule has 0 spiro atoms. The van der Waals surface area contributed by atoms with Crippen molar-refractivity contribution in [3.63, 3.8) is 0 Å².